The van der Waals surface area contributed by atoms with Crippen molar-refractivity contribution in [2.45, 2.75) is 0 Å². The second kappa shape index (κ2) is 5.92. The van der Waals surface area contributed by atoms with E-state index in [0.29, 0.717) is 22.6 Å². The molecule has 0 heterocycles. The lowest BCUT2D eigenvalue weighted by molar-refractivity contribution is -0.307. The molecule has 0 bridgehead atoms. The van der Waals surface area contributed by atoms with E-state index >= 15 is 0 Å². The van der Waals surface area contributed by atoms with Crippen LogP contribution in [0.15, 0.2) is 24.3 Å². The Morgan fingerprint density at radius 2 is 2.25 bits per heavy atom. The number of rotatable bonds is 5. The summed E-state index contributed by atoms with van der Waals surface area (Å²) in [6.07, 6.45) is 3.40. The average molecular weight is 240 g/mol. The molecule has 1 rings (SSSR count). The minimum atomic E-state index is -1.31. The topological polar surface area (TPSA) is 66.4 Å². The van der Waals surface area contributed by atoms with Gasteiger partial charge in [0, 0.05) is 5.02 Å². The Kier molecular flexibility index (Phi) is 4.54. The van der Waals surface area contributed by atoms with Gasteiger partial charge in [0.25, 0.3) is 0 Å². The monoisotopic (exact) mass is 239 g/mol. The number of halogens is 1. The van der Waals surface area contributed by atoms with Gasteiger partial charge in [-0.2, -0.15) is 0 Å². The minimum absolute atomic E-state index is 0.346. The predicted octanol–water partition coefficient (Wildman–Crippen LogP) is 0.681. The fourth-order valence-electron chi connectivity index (χ4n) is 1.02. The first-order valence-corrected chi connectivity index (χ1v) is 4.75. The van der Waals surface area contributed by atoms with Crippen LogP contribution >= 0.6 is 11.6 Å². The second-order valence-corrected chi connectivity index (χ2v) is 3.25. The number of aliphatic carboxylic acids is 1. The molecule has 0 aromatic heterocycles. The van der Waals surface area contributed by atoms with Crippen LogP contribution in [0.2, 0.25) is 5.02 Å². The molecule has 0 aliphatic carbocycles. The lowest BCUT2D eigenvalue weighted by Crippen LogP contribution is -2.28. The molecule has 1 aromatic carbocycles. The molecule has 0 unspecified atom stereocenters. The van der Waals surface area contributed by atoms with Gasteiger partial charge < -0.3 is 14.6 Å². The van der Waals surface area contributed by atoms with E-state index in [9.17, 15) is 14.7 Å². The molecule has 0 aliphatic rings. The third-order valence-corrected chi connectivity index (χ3v) is 2.02. The van der Waals surface area contributed by atoms with Gasteiger partial charge in [-0.3, -0.25) is 4.79 Å². The number of carbonyl (C=O) groups excluding carboxylic acids is 2. The molecule has 0 fully saturated rings. The van der Waals surface area contributed by atoms with Crippen molar-refractivity contribution in [3.8, 4) is 5.75 Å². The van der Waals surface area contributed by atoms with Crippen molar-refractivity contribution >= 4 is 29.9 Å². The average Bonchev–Trinajstić information content (AvgIpc) is 2.26. The van der Waals surface area contributed by atoms with Gasteiger partial charge in [0.1, 0.15) is 18.6 Å². The van der Waals surface area contributed by atoms with Crippen LogP contribution < -0.4 is 9.84 Å². The van der Waals surface area contributed by atoms with Crippen LogP contribution in [0.1, 0.15) is 5.56 Å². The van der Waals surface area contributed by atoms with Gasteiger partial charge in [-0.25, -0.2) is 0 Å². The van der Waals surface area contributed by atoms with Crippen LogP contribution in [0.4, 0.5) is 0 Å². The van der Waals surface area contributed by atoms with Crippen LogP contribution in [0.25, 0.3) is 6.08 Å². The molecule has 16 heavy (non-hydrogen) atoms. The standard InChI is InChI=1S/C11H9ClO4/c12-10-4-3-9(16-7-11(14)15)6-8(10)2-1-5-13/h1-6H,7H2,(H,14,15)/p-1/b2-1+. The Morgan fingerprint density at radius 1 is 1.50 bits per heavy atom. The van der Waals surface area contributed by atoms with Crippen molar-refractivity contribution < 1.29 is 19.4 Å². The van der Waals surface area contributed by atoms with E-state index in [2.05, 4.69) is 0 Å². The number of benzene rings is 1. The van der Waals surface area contributed by atoms with Gasteiger partial charge in [0.15, 0.2) is 0 Å². The molecule has 84 valence electrons. The van der Waals surface area contributed by atoms with Gasteiger partial charge in [-0.15, -0.1) is 0 Å². The predicted molar refractivity (Wildman–Crippen MR) is 57.1 cm³/mol. The Balaban J connectivity index is 2.84. The molecule has 0 atom stereocenters. The van der Waals surface area contributed by atoms with Crippen molar-refractivity contribution in [1.82, 2.24) is 0 Å². The second-order valence-electron chi connectivity index (χ2n) is 2.84. The number of carbonyl (C=O) groups is 2. The molecule has 0 aliphatic heterocycles. The lowest BCUT2D eigenvalue weighted by Gasteiger charge is -2.07. The van der Waals surface area contributed by atoms with Crippen molar-refractivity contribution in [1.29, 1.82) is 0 Å². The molecule has 0 radical (unpaired) electrons. The highest BCUT2D eigenvalue weighted by molar-refractivity contribution is 6.32. The summed E-state index contributed by atoms with van der Waals surface area (Å²) in [5, 5.41) is 10.6. The van der Waals surface area contributed by atoms with Gasteiger partial charge in [-0.1, -0.05) is 17.7 Å². The molecule has 5 heteroatoms. The highest BCUT2D eigenvalue weighted by Crippen LogP contribution is 2.23. The lowest BCUT2D eigenvalue weighted by atomic mass is 10.2. The quantitative estimate of drug-likeness (QED) is 0.560. The van der Waals surface area contributed by atoms with Crippen LogP contribution in [0.5, 0.6) is 5.75 Å². The summed E-state index contributed by atoms with van der Waals surface area (Å²) in [6, 6.07) is 4.62. The molecule has 0 N–H and O–H groups in total. The molecule has 0 spiro atoms. The van der Waals surface area contributed by atoms with E-state index in [0.717, 1.165) is 0 Å². The van der Waals surface area contributed by atoms with Crippen LogP contribution in [0, 0.1) is 0 Å². The first-order valence-electron chi connectivity index (χ1n) is 4.37. The number of carboxylic acids is 1. The van der Waals surface area contributed by atoms with E-state index in [1.54, 1.807) is 6.07 Å². The molecule has 0 saturated carbocycles. The molecule has 1 aromatic rings. The van der Waals surface area contributed by atoms with E-state index in [-0.39, 0.29) is 0 Å². The molecular weight excluding hydrogens is 232 g/mol. The molecule has 0 saturated heterocycles. The van der Waals surface area contributed by atoms with Gasteiger partial charge >= 0.3 is 0 Å². The number of aldehydes is 1. The third-order valence-electron chi connectivity index (χ3n) is 1.68. The zero-order valence-electron chi connectivity index (χ0n) is 8.18. The number of carboxylic acid groups (broad SMARTS) is 1. The number of ether oxygens (including phenoxy) is 1. The van der Waals surface area contributed by atoms with E-state index in [4.69, 9.17) is 16.3 Å². The zero-order chi connectivity index (χ0) is 12.0. The Morgan fingerprint density at radius 3 is 2.88 bits per heavy atom. The number of allylic oxidation sites excluding steroid dienone is 1. The van der Waals surface area contributed by atoms with Crippen molar-refractivity contribution in [2.24, 2.45) is 0 Å². The molecular formula is C11H8ClO4-. The normalized spacial score (nSPS) is 10.3. The largest absolute Gasteiger partial charge is 0.546 e. The SMILES string of the molecule is O=C/C=C/c1cc(OCC(=O)[O-])ccc1Cl. The summed E-state index contributed by atoms with van der Waals surface area (Å²) in [4.78, 5) is 20.3. The van der Waals surface area contributed by atoms with Gasteiger partial charge in [0.05, 0.1) is 5.97 Å². The summed E-state index contributed by atoms with van der Waals surface area (Å²) in [6.45, 7) is -0.529. The van der Waals surface area contributed by atoms with E-state index in [1.165, 1.54) is 24.3 Å². The fourth-order valence-corrected chi connectivity index (χ4v) is 1.21. The first-order chi connectivity index (χ1) is 7.63. The summed E-state index contributed by atoms with van der Waals surface area (Å²) < 4.78 is 4.90. The maximum atomic E-state index is 10.2. The van der Waals surface area contributed by atoms with Crippen LogP contribution in [0.3, 0.4) is 0 Å². The van der Waals surface area contributed by atoms with E-state index < -0.39 is 12.6 Å². The maximum Gasteiger partial charge on any atom is 0.142 e. The highest BCUT2D eigenvalue weighted by Gasteiger charge is 2.00. The number of hydrogen-bond acceptors (Lipinski definition) is 4. The Labute approximate surface area is 97.1 Å². The Hall–Kier alpha value is -1.81. The van der Waals surface area contributed by atoms with Gasteiger partial charge in [-0.05, 0) is 29.8 Å². The van der Waals surface area contributed by atoms with E-state index in [1.807, 2.05) is 0 Å². The highest BCUT2D eigenvalue weighted by atomic mass is 35.5. The van der Waals surface area contributed by atoms with Crippen molar-refractivity contribution in [3.63, 3.8) is 0 Å². The maximum absolute atomic E-state index is 10.2. The molecule has 4 nitrogen and oxygen atoms in total. The minimum Gasteiger partial charge on any atom is -0.546 e. The fraction of sp³-hybridized carbons (Fsp3) is 0.0909. The number of hydrogen-bond donors (Lipinski definition) is 0. The van der Waals surface area contributed by atoms with Gasteiger partial charge in [0.2, 0.25) is 0 Å². The smallest absolute Gasteiger partial charge is 0.142 e. The van der Waals surface area contributed by atoms with Crippen LogP contribution in [-0.2, 0) is 9.59 Å². The summed E-state index contributed by atoms with van der Waals surface area (Å²) in [5.41, 5.74) is 0.574. The summed E-state index contributed by atoms with van der Waals surface area (Å²) in [5.74, 6) is -0.959. The molecule has 0 amide bonds. The van der Waals surface area contributed by atoms with Crippen molar-refractivity contribution in [3.05, 3.63) is 34.9 Å². The summed E-state index contributed by atoms with van der Waals surface area (Å²) in [7, 11) is 0. The third kappa shape index (κ3) is 3.74. The van der Waals surface area contributed by atoms with Crippen molar-refractivity contribution in [2.75, 3.05) is 6.61 Å². The first kappa shape index (κ1) is 12.3. The zero-order valence-corrected chi connectivity index (χ0v) is 8.94. The van der Waals surface area contributed by atoms with Crippen LogP contribution in [-0.4, -0.2) is 18.9 Å². The Bertz CT molecular complexity index is 426. The summed E-state index contributed by atoms with van der Waals surface area (Å²) >= 11 is 5.84.